The number of halogens is 1. The van der Waals surface area contributed by atoms with Gasteiger partial charge in [0.15, 0.2) is 6.29 Å². The van der Waals surface area contributed by atoms with E-state index in [4.69, 9.17) is 9.47 Å². The van der Waals surface area contributed by atoms with Crippen molar-refractivity contribution in [1.82, 2.24) is 9.88 Å². The quantitative estimate of drug-likeness (QED) is 0.744. The first-order chi connectivity index (χ1) is 10.8. The standard InChI is InChI=1S/C16H21BrN2O4/c1-16(2,3)23-15(21)19-5-4-11(8-19)10-22-14-12(9-20)6-13(17)7-18-14/h6-7,9,11H,4-5,8,10H2,1-3H3. The fourth-order valence-corrected chi connectivity index (χ4v) is 2.65. The zero-order valence-corrected chi connectivity index (χ0v) is 15.1. The van der Waals surface area contributed by atoms with Gasteiger partial charge in [-0.15, -0.1) is 0 Å². The maximum absolute atomic E-state index is 12.0. The largest absolute Gasteiger partial charge is 0.477 e. The molecule has 2 rings (SSSR count). The minimum atomic E-state index is -0.494. The van der Waals surface area contributed by atoms with Gasteiger partial charge in [0.2, 0.25) is 5.88 Å². The molecular formula is C16H21BrN2O4. The topological polar surface area (TPSA) is 68.7 Å². The molecule has 126 valence electrons. The predicted octanol–water partition coefficient (Wildman–Crippen LogP) is 3.29. The van der Waals surface area contributed by atoms with Crippen LogP contribution in [0.5, 0.6) is 5.88 Å². The van der Waals surface area contributed by atoms with E-state index in [1.54, 1.807) is 17.2 Å². The molecule has 0 aromatic carbocycles. The van der Waals surface area contributed by atoms with Gasteiger partial charge in [0.05, 0.1) is 12.2 Å². The number of nitrogens with zero attached hydrogens (tertiary/aromatic N) is 2. The Morgan fingerprint density at radius 3 is 2.91 bits per heavy atom. The molecule has 0 aliphatic carbocycles. The molecule has 1 amide bonds. The lowest BCUT2D eigenvalue weighted by atomic mass is 10.1. The van der Waals surface area contributed by atoms with Gasteiger partial charge in [-0.25, -0.2) is 9.78 Å². The molecule has 1 unspecified atom stereocenters. The Labute approximate surface area is 144 Å². The molecular weight excluding hydrogens is 364 g/mol. The minimum Gasteiger partial charge on any atom is -0.477 e. The predicted molar refractivity (Wildman–Crippen MR) is 88.7 cm³/mol. The SMILES string of the molecule is CC(C)(C)OC(=O)N1CCC(COc2ncc(Br)cc2C=O)C1. The van der Waals surface area contributed by atoms with Gasteiger partial charge in [0, 0.05) is 29.7 Å². The van der Waals surface area contributed by atoms with Gasteiger partial charge in [0.25, 0.3) is 0 Å². The molecule has 1 aliphatic rings. The number of carbonyl (C=O) groups excluding carboxylic acids is 2. The Morgan fingerprint density at radius 2 is 2.26 bits per heavy atom. The van der Waals surface area contributed by atoms with E-state index >= 15 is 0 Å². The van der Waals surface area contributed by atoms with Gasteiger partial charge in [0.1, 0.15) is 5.60 Å². The van der Waals surface area contributed by atoms with Crippen LogP contribution >= 0.6 is 15.9 Å². The van der Waals surface area contributed by atoms with Crippen LogP contribution in [0.3, 0.4) is 0 Å². The molecule has 6 nitrogen and oxygen atoms in total. The molecule has 0 spiro atoms. The second-order valence-electron chi connectivity index (χ2n) is 6.56. The first kappa shape index (κ1) is 17.7. The maximum atomic E-state index is 12.0. The summed E-state index contributed by atoms with van der Waals surface area (Å²) in [6.45, 7) is 7.19. The van der Waals surface area contributed by atoms with Crippen molar-refractivity contribution in [2.75, 3.05) is 19.7 Å². The first-order valence-corrected chi connectivity index (χ1v) is 8.29. The van der Waals surface area contributed by atoms with E-state index in [-0.39, 0.29) is 12.0 Å². The third-order valence-corrected chi connectivity index (χ3v) is 3.80. The van der Waals surface area contributed by atoms with Gasteiger partial charge >= 0.3 is 6.09 Å². The number of rotatable bonds is 4. The van der Waals surface area contributed by atoms with E-state index in [0.29, 0.717) is 31.1 Å². The van der Waals surface area contributed by atoms with Crippen LogP contribution in [0.4, 0.5) is 4.79 Å². The van der Waals surface area contributed by atoms with Crippen LogP contribution in [0, 0.1) is 5.92 Å². The van der Waals surface area contributed by atoms with Crippen LogP contribution in [-0.2, 0) is 4.74 Å². The van der Waals surface area contributed by atoms with Crippen molar-refractivity contribution in [2.45, 2.75) is 32.8 Å². The first-order valence-electron chi connectivity index (χ1n) is 7.50. The summed E-state index contributed by atoms with van der Waals surface area (Å²) >= 11 is 3.27. The highest BCUT2D eigenvalue weighted by Gasteiger charge is 2.30. The van der Waals surface area contributed by atoms with Crippen LogP contribution in [0.2, 0.25) is 0 Å². The van der Waals surface area contributed by atoms with E-state index < -0.39 is 5.60 Å². The number of likely N-dealkylation sites (tertiary alicyclic amines) is 1. The summed E-state index contributed by atoms with van der Waals surface area (Å²) in [5.41, 5.74) is -0.0901. The van der Waals surface area contributed by atoms with E-state index in [2.05, 4.69) is 20.9 Å². The number of aldehydes is 1. The Balaban J connectivity index is 1.87. The zero-order valence-electron chi connectivity index (χ0n) is 13.5. The van der Waals surface area contributed by atoms with Gasteiger partial charge < -0.3 is 14.4 Å². The number of ether oxygens (including phenoxy) is 2. The highest BCUT2D eigenvalue weighted by atomic mass is 79.9. The Morgan fingerprint density at radius 1 is 1.52 bits per heavy atom. The number of pyridine rings is 1. The van der Waals surface area contributed by atoms with Gasteiger partial charge in [-0.3, -0.25) is 4.79 Å². The van der Waals surface area contributed by atoms with Crippen molar-refractivity contribution < 1.29 is 19.1 Å². The van der Waals surface area contributed by atoms with E-state index in [9.17, 15) is 9.59 Å². The third-order valence-electron chi connectivity index (χ3n) is 3.37. The highest BCUT2D eigenvalue weighted by Crippen LogP contribution is 2.22. The van der Waals surface area contributed by atoms with Crippen molar-refractivity contribution >= 4 is 28.3 Å². The summed E-state index contributed by atoms with van der Waals surface area (Å²) in [6.07, 6.45) is 2.85. The van der Waals surface area contributed by atoms with Crippen molar-refractivity contribution in [3.05, 3.63) is 22.3 Å². The molecule has 0 N–H and O–H groups in total. The lowest BCUT2D eigenvalue weighted by Crippen LogP contribution is -2.35. The summed E-state index contributed by atoms with van der Waals surface area (Å²) in [6, 6.07) is 1.66. The van der Waals surface area contributed by atoms with Gasteiger partial charge in [-0.1, -0.05) is 0 Å². The zero-order chi connectivity index (χ0) is 17.0. The monoisotopic (exact) mass is 384 g/mol. The maximum Gasteiger partial charge on any atom is 0.410 e. The molecule has 0 saturated carbocycles. The van der Waals surface area contributed by atoms with Crippen LogP contribution < -0.4 is 4.74 Å². The van der Waals surface area contributed by atoms with E-state index in [1.807, 2.05) is 20.8 Å². The molecule has 1 atom stereocenters. The summed E-state index contributed by atoms with van der Waals surface area (Å²) < 4.78 is 11.7. The number of hydrogen-bond acceptors (Lipinski definition) is 5. The fourth-order valence-electron chi connectivity index (χ4n) is 2.31. The number of hydrogen-bond donors (Lipinski definition) is 0. The molecule has 1 saturated heterocycles. The molecule has 1 aliphatic heterocycles. The summed E-state index contributed by atoms with van der Waals surface area (Å²) in [7, 11) is 0. The molecule has 0 radical (unpaired) electrons. The van der Waals surface area contributed by atoms with Crippen molar-refractivity contribution in [3.8, 4) is 5.88 Å². The van der Waals surface area contributed by atoms with Crippen molar-refractivity contribution in [1.29, 1.82) is 0 Å². The molecule has 1 fully saturated rings. The number of aromatic nitrogens is 1. The van der Waals surface area contributed by atoms with Gasteiger partial charge in [-0.2, -0.15) is 0 Å². The Kier molecular flexibility index (Phi) is 5.62. The molecule has 7 heteroatoms. The number of carbonyl (C=O) groups is 2. The normalized spacial score (nSPS) is 17.9. The van der Waals surface area contributed by atoms with Gasteiger partial charge in [-0.05, 0) is 49.2 Å². The average Bonchev–Trinajstić information content (AvgIpc) is 2.93. The van der Waals surface area contributed by atoms with Crippen LogP contribution in [0.1, 0.15) is 37.6 Å². The average molecular weight is 385 g/mol. The lowest BCUT2D eigenvalue weighted by Gasteiger charge is -2.24. The second kappa shape index (κ2) is 7.29. The highest BCUT2D eigenvalue weighted by molar-refractivity contribution is 9.10. The third kappa shape index (κ3) is 5.20. The van der Waals surface area contributed by atoms with Crippen LogP contribution in [-0.4, -0.2) is 47.6 Å². The molecule has 2 heterocycles. The molecule has 1 aromatic heterocycles. The van der Waals surface area contributed by atoms with Crippen molar-refractivity contribution in [2.24, 2.45) is 5.92 Å². The minimum absolute atomic E-state index is 0.201. The van der Waals surface area contributed by atoms with Crippen molar-refractivity contribution in [3.63, 3.8) is 0 Å². The van der Waals surface area contributed by atoms with Crippen LogP contribution in [0.25, 0.3) is 0 Å². The molecule has 23 heavy (non-hydrogen) atoms. The molecule has 1 aromatic rings. The molecule has 0 bridgehead atoms. The smallest absolute Gasteiger partial charge is 0.410 e. The van der Waals surface area contributed by atoms with E-state index in [0.717, 1.165) is 17.2 Å². The van der Waals surface area contributed by atoms with E-state index in [1.165, 1.54) is 0 Å². The Bertz CT molecular complexity index is 586. The number of amides is 1. The summed E-state index contributed by atoms with van der Waals surface area (Å²) in [5.74, 6) is 0.520. The Hall–Kier alpha value is -1.63. The van der Waals surface area contributed by atoms with Crippen LogP contribution in [0.15, 0.2) is 16.7 Å². The fraction of sp³-hybridized carbons (Fsp3) is 0.562. The lowest BCUT2D eigenvalue weighted by molar-refractivity contribution is 0.0284. The summed E-state index contributed by atoms with van der Waals surface area (Å²) in [5, 5.41) is 0. The summed E-state index contributed by atoms with van der Waals surface area (Å²) in [4.78, 5) is 28.9. The second-order valence-corrected chi connectivity index (χ2v) is 7.47.